The van der Waals surface area contributed by atoms with Crippen molar-refractivity contribution in [1.29, 1.82) is 0 Å². The van der Waals surface area contributed by atoms with Gasteiger partial charge in [0.05, 0.1) is 0 Å². The molecule has 1 aromatic heterocycles. The maximum absolute atomic E-state index is 12.6. The van der Waals surface area contributed by atoms with Crippen LogP contribution in [0, 0.1) is 5.92 Å². The topological polar surface area (TPSA) is 45.2 Å². The van der Waals surface area contributed by atoms with E-state index in [-0.39, 0.29) is 5.91 Å². The molecule has 1 N–H and O–H groups in total. The molecule has 20 heavy (non-hydrogen) atoms. The molecule has 1 aromatic rings. The van der Waals surface area contributed by atoms with Crippen LogP contribution in [-0.4, -0.2) is 35.9 Å². The molecule has 0 aliphatic rings. The first-order valence-corrected chi connectivity index (χ1v) is 7.53. The van der Waals surface area contributed by atoms with Gasteiger partial charge in [-0.2, -0.15) is 0 Å². The van der Waals surface area contributed by atoms with E-state index in [4.69, 9.17) is 0 Å². The number of hydrogen-bond donors (Lipinski definition) is 1. The molecule has 0 aliphatic carbocycles. The number of pyridine rings is 1. The van der Waals surface area contributed by atoms with Crippen molar-refractivity contribution >= 4 is 11.7 Å². The number of carbonyl (C=O) groups is 1. The van der Waals surface area contributed by atoms with Gasteiger partial charge >= 0.3 is 0 Å². The molecule has 0 bridgehead atoms. The van der Waals surface area contributed by atoms with Crippen molar-refractivity contribution in [3.05, 3.63) is 23.4 Å². The van der Waals surface area contributed by atoms with Gasteiger partial charge in [0.15, 0.2) is 0 Å². The van der Waals surface area contributed by atoms with Crippen LogP contribution in [0.2, 0.25) is 0 Å². The van der Waals surface area contributed by atoms with E-state index < -0.39 is 0 Å². The zero-order valence-electron chi connectivity index (χ0n) is 13.4. The monoisotopic (exact) mass is 277 g/mol. The van der Waals surface area contributed by atoms with Crippen molar-refractivity contribution in [3.63, 3.8) is 0 Å². The molecule has 0 saturated carbocycles. The fraction of sp³-hybridized carbons (Fsp3) is 0.625. The van der Waals surface area contributed by atoms with E-state index in [1.807, 2.05) is 37.9 Å². The minimum Gasteiger partial charge on any atom is -0.373 e. The average molecular weight is 277 g/mol. The number of aryl methyl sites for hydroxylation is 1. The summed E-state index contributed by atoms with van der Waals surface area (Å²) in [4.78, 5) is 19.0. The van der Waals surface area contributed by atoms with Crippen molar-refractivity contribution in [2.24, 2.45) is 5.92 Å². The van der Waals surface area contributed by atoms with Gasteiger partial charge in [-0.15, -0.1) is 0 Å². The standard InChI is InChI=1S/C16H27N3O/c1-6-12(4)11-19(8-3)16(20)13-9-14(7-2)18-15(10-13)17-5/h9-10,12H,6-8,11H2,1-5H3,(H,17,18). The normalized spacial score (nSPS) is 12.1. The van der Waals surface area contributed by atoms with E-state index in [0.717, 1.165) is 43.0 Å². The van der Waals surface area contributed by atoms with Crippen LogP contribution in [0.15, 0.2) is 12.1 Å². The van der Waals surface area contributed by atoms with Crippen molar-refractivity contribution in [1.82, 2.24) is 9.88 Å². The maximum Gasteiger partial charge on any atom is 0.254 e. The van der Waals surface area contributed by atoms with Gasteiger partial charge in [0.25, 0.3) is 5.91 Å². The van der Waals surface area contributed by atoms with Crippen molar-refractivity contribution < 1.29 is 4.79 Å². The molecule has 0 aliphatic heterocycles. The Morgan fingerprint density at radius 3 is 2.55 bits per heavy atom. The molecular weight excluding hydrogens is 250 g/mol. The predicted molar refractivity (Wildman–Crippen MR) is 84.2 cm³/mol. The third-order valence-corrected chi connectivity index (χ3v) is 3.64. The summed E-state index contributed by atoms with van der Waals surface area (Å²) >= 11 is 0. The predicted octanol–water partition coefficient (Wildman–Crippen LogP) is 3.19. The smallest absolute Gasteiger partial charge is 0.254 e. The summed E-state index contributed by atoms with van der Waals surface area (Å²) in [5.41, 5.74) is 1.67. The first kappa shape index (κ1) is 16.5. The zero-order valence-corrected chi connectivity index (χ0v) is 13.4. The Morgan fingerprint density at radius 2 is 2.05 bits per heavy atom. The second-order valence-electron chi connectivity index (χ2n) is 5.19. The van der Waals surface area contributed by atoms with Gasteiger partial charge in [0, 0.05) is 31.4 Å². The van der Waals surface area contributed by atoms with Gasteiger partial charge < -0.3 is 10.2 Å². The maximum atomic E-state index is 12.6. The highest BCUT2D eigenvalue weighted by molar-refractivity contribution is 5.95. The Morgan fingerprint density at radius 1 is 1.35 bits per heavy atom. The number of nitrogens with zero attached hydrogens (tertiary/aromatic N) is 2. The molecule has 1 rings (SSSR count). The van der Waals surface area contributed by atoms with E-state index in [9.17, 15) is 4.79 Å². The van der Waals surface area contributed by atoms with Crippen LogP contribution in [0.4, 0.5) is 5.82 Å². The summed E-state index contributed by atoms with van der Waals surface area (Å²) in [6.45, 7) is 9.96. The Kier molecular flexibility index (Phi) is 6.49. The molecule has 4 heteroatoms. The second-order valence-corrected chi connectivity index (χ2v) is 5.19. The van der Waals surface area contributed by atoms with Crippen molar-refractivity contribution in [2.75, 3.05) is 25.5 Å². The minimum absolute atomic E-state index is 0.0985. The summed E-state index contributed by atoms with van der Waals surface area (Å²) in [5, 5.41) is 3.02. The Hall–Kier alpha value is -1.58. The Bertz CT molecular complexity index is 423. The van der Waals surface area contributed by atoms with Crippen LogP contribution in [-0.2, 0) is 6.42 Å². The summed E-state index contributed by atoms with van der Waals surface area (Å²) in [7, 11) is 1.83. The fourth-order valence-electron chi connectivity index (χ4n) is 2.06. The molecule has 0 radical (unpaired) electrons. The molecule has 0 saturated heterocycles. The quantitative estimate of drug-likeness (QED) is 0.832. The van der Waals surface area contributed by atoms with E-state index in [1.165, 1.54) is 0 Å². The number of hydrogen-bond acceptors (Lipinski definition) is 3. The molecule has 0 aromatic carbocycles. The molecule has 1 heterocycles. The summed E-state index contributed by atoms with van der Waals surface area (Å²) in [5.74, 6) is 1.38. The summed E-state index contributed by atoms with van der Waals surface area (Å²) in [6, 6.07) is 3.74. The molecule has 0 fully saturated rings. The van der Waals surface area contributed by atoms with E-state index >= 15 is 0 Å². The molecular formula is C16H27N3O. The number of aromatic nitrogens is 1. The van der Waals surface area contributed by atoms with Crippen LogP contribution in [0.1, 0.15) is 50.2 Å². The lowest BCUT2D eigenvalue weighted by Gasteiger charge is -2.24. The molecule has 112 valence electrons. The van der Waals surface area contributed by atoms with Gasteiger partial charge in [0.1, 0.15) is 5.82 Å². The van der Waals surface area contributed by atoms with Crippen LogP contribution in [0.5, 0.6) is 0 Å². The first-order valence-electron chi connectivity index (χ1n) is 7.53. The lowest BCUT2D eigenvalue weighted by atomic mass is 10.1. The van der Waals surface area contributed by atoms with E-state index in [0.29, 0.717) is 5.92 Å². The van der Waals surface area contributed by atoms with E-state index in [2.05, 4.69) is 24.1 Å². The van der Waals surface area contributed by atoms with Crippen molar-refractivity contribution in [3.8, 4) is 0 Å². The van der Waals surface area contributed by atoms with Gasteiger partial charge in [-0.05, 0) is 31.4 Å². The number of anilines is 1. The Balaban J connectivity index is 2.99. The largest absolute Gasteiger partial charge is 0.373 e. The molecule has 1 amide bonds. The number of rotatable bonds is 7. The van der Waals surface area contributed by atoms with Gasteiger partial charge in [0.2, 0.25) is 0 Å². The Labute approximate surface area is 122 Å². The zero-order chi connectivity index (χ0) is 15.1. The highest BCUT2D eigenvalue weighted by Gasteiger charge is 2.17. The van der Waals surface area contributed by atoms with E-state index in [1.54, 1.807) is 0 Å². The summed E-state index contributed by atoms with van der Waals surface area (Å²) < 4.78 is 0. The van der Waals surface area contributed by atoms with Crippen LogP contribution >= 0.6 is 0 Å². The molecule has 1 unspecified atom stereocenters. The molecule has 1 atom stereocenters. The molecule has 0 spiro atoms. The van der Waals surface area contributed by atoms with Gasteiger partial charge in [-0.1, -0.05) is 27.2 Å². The fourth-order valence-corrected chi connectivity index (χ4v) is 2.06. The van der Waals surface area contributed by atoms with Crippen molar-refractivity contribution in [2.45, 2.75) is 40.5 Å². The summed E-state index contributed by atoms with van der Waals surface area (Å²) in [6.07, 6.45) is 1.91. The second kappa shape index (κ2) is 7.88. The number of amides is 1. The lowest BCUT2D eigenvalue weighted by molar-refractivity contribution is 0.0740. The van der Waals surface area contributed by atoms with Crippen LogP contribution in [0.3, 0.4) is 0 Å². The van der Waals surface area contributed by atoms with Crippen LogP contribution in [0.25, 0.3) is 0 Å². The minimum atomic E-state index is 0.0985. The third-order valence-electron chi connectivity index (χ3n) is 3.64. The van der Waals surface area contributed by atoms with Gasteiger partial charge in [-0.25, -0.2) is 4.98 Å². The first-order chi connectivity index (χ1) is 9.55. The number of carbonyl (C=O) groups excluding carboxylic acids is 1. The highest BCUT2D eigenvalue weighted by Crippen LogP contribution is 2.15. The van der Waals surface area contributed by atoms with Gasteiger partial charge in [-0.3, -0.25) is 4.79 Å². The average Bonchev–Trinajstić information content (AvgIpc) is 2.50. The third kappa shape index (κ3) is 4.22. The lowest BCUT2D eigenvalue weighted by Crippen LogP contribution is -2.34. The molecule has 4 nitrogen and oxygen atoms in total. The SMILES string of the molecule is CCc1cc(C(=O)N(CC)CC(C)CC)cc(NC)n1. The number of nitrogens with one attached hydrogen (secondary N) is 1. The highest BCUT2D eigenvalue weighted by atomic mass is 16.2. The van der Waals surface area contributed by atoms with Crippen LogP contribution < -0.4 is 5.32 Å².